The highest BCUT2D eigenvalue weighted by Crippen LogP contribution is 2.42. The van der Waals surface area contributed by atoms with Gasteiger partial charge in [-0.25, -0.2) is 31.1 Å². The van der Waals surface area contributed by atoms with Crippen LogP contribution in [0.1, 0.15) is 16.1 Å². The Hall–Kier alpha value is -3.73. The highest BCUT2D eigenvalue weighted by atomic mass is 32.2. The quantitative estimate of drug-likeness (QED) is 0.140. The molecular weight excluding hydrogens is 482 g/mol. The van der Waals surface area contributed by atoms with Crippen molar-refractivity contribution in [1.29, 1.82) is 0 Å². The van der Waals surface area contributed by atoms with Crippen molar-refractivity contribution in [3.05, 3.63) is 101 Å². The van der Waals surface area contributed by atoms with Gasteiger partial charge in [0.15, 0.2) is 23.3 Å². The van der Waals surface area contributed by atoms with Gasteiger partial charge >= 0.3 is 5.97 Å². The molecule has 0 unspecified atom stereocenters. The molecule has 0 atom stereocenters. The number of rotatable bonds is 5. The second-order valence-electron chi connectivity index (χ2n) is 6.87. The normalized spacial score (nSPS) is 11.0. The van der Waals surface area contributed by atoms with Crippen molar-refractivity contribution in [3.63, 3.8) is 0 Å². The Morgan fingerprint density at radius 2 is 1.44 bits per heavy atom. The number of aryl methyl sites for hydroxylation is 1. The summed E-state index contributed by atoms with van der Waals surface area (Å²) in [6.45, 7) is 1.40. The topological polar surface area (TPSA) is 44.1 Å². The Kier molecular flexibility index (Phi) is 6.38. The van der Waals surface area contributed by atoms with Gasteiger partial charge in [0, 0.05) is 0 Å². The molecule has 0 saturated carbocycles. The number of hydrogen-bond acceptors (Lipinski definition) is 4. The van der Waals surface area contributed by atoms with Crippen molar-refractivity contribution < 1.29 is 35.9 Å². The first kappa shape index (κ1) is 23.4. The lowest BCUT2D eigenvalue weighted by atomic mass is 10.2. The Morgan fingerprint density at radius 3 is 2.06 bits per heavy atom. The first-order valence-corrected chi connectivity index (χ1v) is 10.3. The van der Waals surface area contributed by atoms with Crippen LogP contribution in [-0.4, -0.2) is 15.7 Å². The van der Waals surface area contributed by atoms with E-state index in [1.165, 1.54) is 19.1 Å². The Labute approximate surface area is 192 Å². The van der Waals surface area contributed by atoms with Gasteiger partial charge in [0.2, 0.25) is 11.7 Å². The van der Waals surface area contributed by atoms with Crippen molar-refractivity contribution in [2.24, 2.45) is 0 Å². The van der Waals surface area contributed by atoms with Gasteiger partial charge in [-0.1, -0.05) is 36.0 Å². The summed E-state index contributed by atoms with van der Waals surface area (Å²) in [5.74, 6) is -12.7. The summed E-state index contributed by atoms with van der Waals surface area (Å²) in [4.78, 5) is 11.3. The molecule has 0 N–H and O–H groups in total. The standard InChI is InChI=1S/C23H12F6N2O2S/c1-11-20(34-21-18(28)16(26)15(25)17(27)19(21)29)22(31(30-11)14-8-3-2-4-9-14)33-23(32)12-6-5-7-13(24)10-12/h2-10H,1H3. The zero-order valence-corrected chi connectivity index (χ0v) is 17.9. The van der Waals surface area contributed by atoms with Crippen LogP contribution in [0.15, 0.2) is 64.4 Å². The van der Waals surface area contributed by atoms with Gasteiger partial charge in [-0.05, 0) is 37.3 Å². The molecule has 34 heavy (non-hydrogen) atoms. The van der Waals surface area contributed by atoms with E-state index in [0.717, 1.165) is 16.8 Å². The minimum absolute atomic E-state index is 0.0693. The maximum atomic E-state index is 14.3. The average Bonchev–Trinajstić information content (AvgIpc) is 3.14. The molecule has 0 aliphatic carbocycles. The molecule has 174 valence electrons. The fourth-order valence-corrected chi connectivity index (χ4v) is 3.95. The van der Waals surface area contributed by atoms with Crippen LogP contribution >= 0.6 is 11.8 Å². The van der Waals surface area contributed by atoms with Crippen molar-refractivity contribution in [2.45, 2.75) is 16.7 Å². The van der Waals surface area contributed by atoms with Crippen LogP contribution < -0.4 is 4.74 Å². The van der Waals surface area contributed by atoms with Crippen molar-refractivity contribution >= 4 is 17.7 Å². The van der Waals surface area contributed by atoms with E-state index in [9.17, 15) is 31.1 Å². The molecule has 4 aromatic rings. The number of halogens is 6. The molecule has 1 aromatic heterocycles. The lowest BCUT2D eigenvalue weighted by molar-refractivity contribution is 0.0718. The summed E-state index contributed by atoms with van der Waals surface area (Å²) in [6, 6.07) is 12.7. The summed E-state index contributed by atoms with van der Waals surface area (Å²) in [7, 11) is 0. The number of benzene rings is 3. The number of hydrogen-bond donors (Lipinski definition) is 0. The lowest BCUT2D eigenvalue weighted by Gasteiger charge is -2.11. The van der Waals surface area contributed by atoms with Crippen molar-refractivity contribution in [3.8, 4) is 11.6 Å². The number of carbonyl (C=O) groups is 1. The van der Waals surface area contributed by atoms with Crippen LogP contribution in [0.25, 0.3) is 5.69 Å². The summed E-state index contributed by atoms with van der Waals surface area (Å²) >= 11 is 0.156. The monoisotopic (exact) mass is 494 g/mol. The Morgan fingerprint density at radius 1 is 0.824 bits per heavy atom. The average molecular weight is 494 g/mol. The molecule has 1 heterocycles. The molecule has 0 aliphatic rings. The maximum Gasteiger partial charge on any atom is 0.345 e. The van der Waals surface area contributed by atoms with E-state index >= 15 is 0 Å². The van der Waals surface area contributed by atoms with Crippen LogP contribution in [0.5, 0.6) is 5.88 Å². The molecule has 4 nitrogen and oxygen atoms in total. The van der Waals surface area contributed by atoms with E-state index in [0.29, 0.717) is 5.69 Å². The van der Waals surface area contributed by atoms with E-state index in [1.807, 2.05) is 0 Å². The number of nitrogens with zero attached hydrogens (tertiary/aromatic N) is 2. The largest absolute Gasteiger partial charge is 0.402 e. The third-order valence-corrected chi connectivity index (χ3v) is 5.83. The van der Waals surface area contributed by atoms with Gasteiger partial charge in [0.25, 0.3) is 0 Å². The van der Waals surface area contributed by atoms with E-state index in [-0.39, 0.29) is 33.8 Å². The Bertz CT molecular complexity index is 1380. The zero-order valence-electron chi connectivity index (χ0n) is 17.1. The van der Waals surface area contributed by atoms with Crippen LogP contribution in [0, 0.1) is 41.8 Å². The summed E-state index contributed by atoms with van der Waals surface area (Å²) in [5, 5.41) is 4.20. The van der Waals surface area contributed by atoms with Crippen LogP contribution in [0.4, 0.5) is 26.3 Å². The van der Waals surface area contributed by atoms with E-state index in [1.54, 1.807) is 30.3 Å². The molecule has 11 heteroatoms. The molecule has 4 rings (SSSR count). The third-order valence-electron chi connectivity index (χ3n) is 4.59. The zero-order chi connectivity index (χ0) is 24.6. The highest BCUT2D eigenvalue weighted by molar-refractivity contribution is 7.99. The molecule has 0 radical (unpaired) electrons. The number of para-hydroxylation sites is 1. The minimum atomic E-state index is -2.30. The summed E-state index contributed by atoms with van der Waals surface area (Å²) in [5.41, 5.74) is 0.266. The first-order valence-electron chi connectivity index (χ1n) is 9.51. The fraction of sp³-hybridized carbons (Fsp3) is 0.0435. The Balaban J connectivity index is 1.86. The highest BCUT2D eigenvalue weighted by Gasteiger charge is 2.30. The predicted molar refractivity (Wildman–Crippen MR) is 110 cm³/mol. The predicted octanol–water partition coefficient (Wildman–Crippen LogP) is 6.39. The molecule has 0 aliphatic heterocycles. The van der Waals surface area contributed by atoms with Gasteiger partial charge in [-0.15, -0.1) is 0 Å². The fourth-order valence-electron chi connectivity index (χ4n) is 2.98. The summed E-state index contributed by atoms with van der Waals surface area (Å²) in [6.07, 6.45) is 0. The number of aromatic nitrogens is 2. The molecule has 0 saturated heterocycles. The number of ether oxygens (including phenoxy) is 1. The van der Waals surface area contributed by atoms with Gasteiger partial charge in [0.05, 0.1) is 26.7 Å². The first-order chi connectivity index (χ1) is 16.2. The van der Waals surface area contributed by atoms with Gasteiger partial charge < -0.3 is 4.74 Å². The van der Waals surface area contributed by atoms with Gasteiger partial charge in [-0.3, -0.25) is 0 Å². The second-order valence-corrected chi connectivity index (χ2v) is 7.89. The van der Waals surface area contributed by atoms with E-state index in [4.69, 9.17) is 4.74 Å². The van der Waals surface area contributed by atoms with Gasteiger partial charge in [0.1, 0.15) is 5.82 Å². The number of carbonyl (C=O) groups excluding carboxylic acids is 1. The maximum absolute atomic E-state index is 14.3. The summed E-state index contributed by atoms with van der Waals surface area (Å²) < 4.78 is 89.7. The SMILES string of the molecule is Cc1nn(-c2ccccc2)c(OC(=O)c2cccc(F)c2)c1Sc1c(F)c(F)c(F)c(F)c1F. The molecule has 0 spiro atoms. The number of esters is 1. The van der Waals surface area contributed by atoms with Crippen molar-refractivity contribution in [2.75, 3.05) is 0 Å². The molecule has 3 aromatic carbocycles. The molecular formula is C23H12F6N2O2S. The third kappa shape index (κ3) is 4.26. The van der Waals surface area contributed by atoms with Crippen molar-refractivity contribution in [1.82, 2.24) is 9.78 Å². The lowest BCUT2D eigenvalue weighted by Crippen LogP contribution is -2.12. The molecule has 0 fully saturated rings. The minimum Gasteiger partial charge on any atom is -0.402 e. The van der Waals surface area contributed by atoms with E-state index in [2.05, 4.69) is 5.10 Å². The van der Waals surface area contributed by atoms with E-state index < -0.39 is 45.8 Å². The second kappa shape index (κ2) is 9.26. The van der Waals surface area contributed by atoms with Crippen LogP contribution in [-0.2, 0) is 0 Å². The smallest absolute Gasteiger partial charge is 0.345 e. The van der Waals surface area contributed by atoms with Crippen LogP contribution in [0.2, 0.25) is 0 Å². The van der Waals surface area contributed by atoms with Crippen LogP contribution in [0.3, 0.4) is 0 Å². The molecule has 0 bridgehead atoms. The molecule has 0 amide bonds. The van der Waals surface area contributed by atoms with Gasteiger partial charge in [-0.2, -0.15) is 9.78 Å².